The molecular weight excluding hydrogens is 413 g/mol. The molecule has 150 valence electrons. The molecule has 0 atom stereocenters. The minimum absolute atomic E-state index is 0.0869. The lowest BCUT2D eigenvalue weighted by Crippen LogP contribution is -2.22. The minimum Gasteiger partial charge on any atom is -0.268 e. The smallest absolute Gasteiger partial charge is 0.268 e. The number of fused-ring (bicyclic) bond motifs is 1. The Balaban J connectivity index is 1.93. The molecule has 4 rings (SSSR count). The second-order valence-electron chi connectivity index (χ2n) is 6.56. The summed E-state index contributed by atoms with van der Waals surface area (Å²) in [4.78, 5) is 17.7. The molecule has 0 N–H and O–H groups in total. The maximum Gasteiger partial charge on any atom is 0.416 e. The topological polar surface area (TPSA) is 34.9 Å². The van der Waals surface area contributed by atoms with Crippen LogP contribution in [0.25, 0.3) is 28.7 Å². The summed E-state index contributed by atoms with van der Waals surface area (Å²) in [5.41, 5.74) is 0.0612. The van der Waals surface area contributed by atoms with E-state index in [2.05, 4.69) is 4.98 Å². The lowest BCUT2D eigenvalue weighted by Gasteiger charge is -2.14. The highest BCUT2D eigenvalue weighted by atomic mass is 35.5. The number of aromatic nitrogens is 2. The van der Waals surface area contributed by atoms with Gasteiger partial charge < -0.3 is 0 Å². The minimum atomic E-state index is -4.52. The van der Waals surface area contributed by atoms with Crippen molar-refractivity contribution in [1.29, 1.82) is 0 Å². The lowest BCUT2D eigenvalue weighted by molar-refractivity contribution is -0.137. The largest absolute Gasteiger partial charge is 0.416 e. The Morgan fingerprint density at radius 2 is 1.63 bits per heavy atom. The fraction of sp³-hybridized carbons (Fsp3) is 0.0435. The second kappa shape index (κ2) is 7.80. The van der Waals surface area contributed by atoms with E-state index in [1.54, 1.807) is 60.7 Å². The summed E-state index contributed by atoms with van der Waals surface area (Å²) in [6, 6.07) is 18.3. The van der Waals surface area contributed by atoms with Crippen molar-refractivity contribution in [2.75, 3.05) is 0 Å². The van der Waals surface area contributed by atoms with Crippen molar-refractivity contribution in [2.24, 2.45) is 0 Å². The van der Waals surface area contributed by atoms with Crippen molar-refractivity contribution >= 4 is 34.7 Å². The lowest BCUT2D eigenvalue weighted by atomic mass is 10.1. The summed E-state index contributed by atoms with van der Waals surface area (Å²) in [5, 5.41) is 0.899. The average Bonchev–Trinajstić information content (AvgIpc) is 2.73. The van der Waals surface area contributed by atoms with E-state index in [0.717, 1.165) is 17.7 Å². The average molecular weight is 427 g/mol. The Morgan fingerprint density at radius 1 is 0.900 bits per heavy atom. The molecule has 0 fully saturated rings. The number of para-hydroxylation sites is 1. The van der Waals surface area contributed by atoms with Crippen LogP contribution < -0.4 is 5.56 Å². The third-order valence-electron chi connectivity index (χ3n) is 4.53. The molecule has 1 aromatic heterocycles. The normalized spacial score (nSPS) is 12.0. The highest BCUT2D eigenvalue weighted by Gasteiger charge is 2.30. The van der Waals surface area contributed by atoms with Gasteiger partial charge in [0, 0.05) is 5.02 Å². The van der Waals surface area contributed by atoms with Crippen LogP contribution in [-0.2, 0) is 6.18 Å². The molecule has 0 aliphatic rings. The molecular formula is C23H14ClF3N2O. The first-order valence-corrected chi connectivity index (χ1v) is 9.34. The number of halogens is 4. The van der Waals surface area contributed by atoms with Crippen LogP contribution in [-0.4, -0.2) is 9.55 Å². The van der Waals surface area contributed by atoms with Crippen LogP contribution >= 0.6 is 11.6 Å². The molecule has 1 heterocycles. The van der Waals surface area contributed by atoms with E-state index >= 15 is 0 Å². The zero-order valence-electron chi connectivity index (χ0n) is 15.4. The van der Waals surface area contributed by atoms with E-state index in [9.17, 15) is 18.0 Å². The molecule has 0 spiro atoms. The van der Waals surface area contributed by atoms with Crippen LogP contribution in [0.2, 0.25) is 5.02 Å². The van der Waals surface area contributed by atoms with Gasteiger partial charge in [0.1, 0.15) is 5.82 Å². The fourth-order valence-corrected chi connectivity index (χ4v) is 3.20. The SMILES string of the molecule is O=c1c2ccccc2nc(C=Cc2ccc(Cl)cc2)n1-c1cccc(C(F)(F)F)c1. The summed E-state index contributed by atoms with van der Waals surface area (Å²) in [5.74, 6) is 0.216. The van der Waals surface area contributed by atoms with Gasteiger partial charge in [0.2, 0.25) is 0 Å². The van der Waals surface area contributed by atoms with Crippen LogP contribution in [0.5, 0.6) is 0 Å². The van der Waals surface area contributed by atoms with Gasteiger partial charge in [-0.2, -0.15) is 13.2 Å². The van der Waals surface area contributed by atoms with Crippen molar-refractivity contribution in [3.63, 3.8) is 0 Å². The van der Waals surface area contributed by atoms with E-state index in [4.69, 9.17) is 11.6 Å². The van der Waals surface area contributed by atoms with Gasteiger partial charge >= 0.3 is 6.18 Å². The van der Waals surface area contributed by atoms with Gasteiger partial charge in [-0.3, -0.25) is 9.36 Å². The van der Waals surface area contributed by atoms with Gasteiger partial charge in [0.25, 0.3) is 5.56 Å². The van der Waals surface area contributed by atoms with Crippen LogP contribution in [0.4, 0.5) is 13.2 Å². The number of hydrogen-bond acceptors (Lipinski definition) is 2. The molecule has 0 bridgehead atoms. The van der Waals surface area contributed by atoms with Crippen LogP contribution in [0.3, 0.4) is 0 Å². The van der Waals surface area contributed by atoms with Gasteiger partial charge in [-0.05, 0) is 54.1 Å². The summed E-state index contributed by atoms with van der Waals surface area (Å²) in [6.45, 7) is 0. The number of benzene rings is 3. The molecule has 0 amide bonds. The number of hydrogen-bond donors (Lipinski definition) is 0. The van der Waals surface area contributed by atoms with Gasteiger partial charge in [-0.1, -0.05) is 48.0 Å². The zero-order chi connectivity index (χ0) is 21.3. The van der Waals surface area contributed by atoms with Gasteiger partial charge in [0.05, 0.1) is 22.2 Å². The standard InChI is InChI=1S/C23H14ClF3N2O/c24-17-11-8-15(9-12-17)10-13-21-28-20-7-2-1-6-19(20)22(30)29(21)18-5-3-4-16(14-18)23(25,26)27/h1-14H. The quantitative estimate of drug-likeness (QED) is 0.389. The molecule has 0 saturated heterocycles. The first-order valence-electron chi connectivity index (χ1n) is 8.96. The van der Waals surface area contributed by atoms with Crippen LogP contribution in [0, 0.1) is 0 Å². The fourth-order valence-electron chi connectivity index (χ4n) is 3.08. The van der Waals surface area contributed by atoms with E-state index in [0.29, 0.717) is 15.9 Å². The third-order valence-corrected chi connectivity index (χ3v) is 4.78. The van der Waals surface area contributed by atoms with E-state index in [1.165, 1.54) is 16.7 Å². The molecule has 0 radical (unpaired) electrons. The second-order valence-corrected chi connectivity index (χ2v) is 7.00. The molecule has 0 unspecified atom stereocenters. The molecule has 7 heteroatoms. The Bertz CT molecular complexity index is 1310. The summed E-state index contributed by atoms with van der Waals surface area (Å²) < 4.78 is 40.8. The summed E-state index contributed by atoms with van der Waals surface area (Å²) in [6.07, 6.45) is -1.21. The summed E-state index contributed by atoms with van der Waals surface area (Å²) >= 11 is 5.90. The van der Waals surface area contributed by atoms with E-state index in [1.807, 2.05) is 0 Å². The summed E-state index contributed by atoms with van der Waals surface area (Å²) in [7, 11) is 0. The highest BCUT2D eigenvalue weighted by Crippen LogP contribution is 2.30. The molecule has 30 heavy (non-hydrogen) atoms. The van der Waals surface area contributed by atoms with Crippen molar-refractivity contribution in [3.8, 4) is 5.69 Å². The Hall–Kier alpha value is -3.38. The van der Waals surface area contributed by atoms with Gasteiger partial charge in [-0.25, -0.2) is 4.98 Å². The Kier molecular flexibility index (Phi) is 5.18. The number of rotatable bonds is 3. The third kappa shape index (κ3) is 4.00. The molecule has 3 aromatic carbocycles. The molecule has 0 aliphatic carbocycles. The molecule has 4 aromatic rings. The van der Waals surface area contributed by atoms with E-state index in [-0.39, 0.29) is 11.5 Å². The first-order chi connectivity index (χ1) is 14.3. The highest BCUT2D eigenvalue weighted by molar-refractivity contribution is 6.30. The van der Waals surface area contributed by atoms with Crippen LogP contribution in [0.1, 0.15) is 17.0 Å². The monoisotopic (exact) mass is 426 g/mol. The molecule has 0 aliphatic heterocycles. The predicted octanol–water partition coefficient (Wildman–Crippen LogP) is 6.23. The molecule has 0 saturated carbocycles. The van der Waals surface area contributed by atoms with Crippen LogP contribution in [0.15, 0.2) is 77.6 Å². The van der Waals surface area contributed by atoms with Gasteiger partial charge in [0.15, 0.2) is 0 Å². The number of nitrogens with zero attached hydrogens (tertiary/aromatic N) is 2. The predicted molar refractivity (Wildman–Crippen MR) is 113 cm³/mol. The first kappa shape index (κ1) is 19.9. The van der Waals surface area contributed by atoms with Crippen molar-refractivity contribution in [2.45, 2.75) is 6.18 Å². The maximum absolute atomic E-state index is 13.2. The van der Waals surface area contributed by atoms with Gasteiger partial charge in [-0.15, -0.1) is 0 Å². The zero-order valence-corrected chi connectivity index (χ0v) is 16.2. The number of alkyl halides is 3. The van der Waals surface area contributed by atoms with Crippen molar-refractivity contribution < 1.29 is 13.2 Å². The van der Waals surface area contributed by atoms with E-state index < -0.39 is 17.3 Å². The van der Waals surface area contributed by atoms with Crippen molar-refractivity contribution in [3.05, 3.63) is 105 Å². The van der Waals surface area contributed by atoms with Crippen molar-refractivity contribution in [1.82, 2.24) is 9.55 Å². The Morgan fingerprint density at radius 3 is 2.37 bits per heavy atom. The Labute approximate surface area is 174 Å². The molecule has 3 nitrogen and oxygen atoms in total. The maximum atomic E-state index is 13.2.